The Morgan fingerprint density at radius 1 is 1.10 bits per heavy atom. The SMILES string of the molecule is CCC(CCC(C#N)(c1ccc(F)c(F)c1)C1CC1)N(CCc1ccccc1)C(C)C. The molecule has 1 saturated carbocycles. The molecule has 0 heterocycles. The van der Waals surface area contributed by atoms with Crippen molar-refractivity contribution in [1.82, 2.24) is 4.90 Å². The number of nitriles is 1. The highest BCUT2D eigenvalue weighted by Crippen LogP contribution is 2.50. The first-order valence-corrected chi connectivity index (χ1v) is 11.6. The van der Waals surface area contributed by atoms with Crippen LogP contribution in [0.1, 0.15) is 64.0 Å². The number of halogens is 2. The zero-order valence-corrected chi connectivity index (χ0v) is 19.0. The van der Waals surface area contributed by atoms with E-state index in [1.54, 1.807) is 6.07 Å². The van der Waals surface area contributed by atoms with E-state index in [-0.39, 0.29) is 5.92 Å². The van der Waals surface area contributed by atoms with Crippen molar-refractivity contribution in [3.05, 3.63) is 71.3 Å². The second-order valence-corrected chi connectivity index (χ2v) is 9.15. The van der Waals surface area contributed by atoms with Crippen LogP contribution in [-0.4, -0.2) is 23.5 Å². The van der Waals surface area contributed by atoms with Gasteiger partial charge in [-0.15, -0.1) is 0 Å². The summed E-state index contributed by atoms with van der Waals surface area (Å²) < 4.78 is 27.5. The molecule has 0 N–H and O–H groups in total. The van der Waals surface area contributed by atoms with E-state index in [4.69, 9.17) is 0 Å². The highest BCUT2D eigenvalue weighted by Gasteiger charge is 2.47. The largest absolute Gasteiger partial charge is 0.298 e. The van der Waals surface area contributed by atoms with Gasteiger partial charge in [-0.05, 0) is 81.5 Å². The quantitative estimate of drug-likeness (QED) is 0.404. The molecule has 0 saturated heterocycles. The second kappa shape index (κ2) is 10.4. The van der Waals surface area contributed by atoms with Gasteiger partial charge in [0.1, 0.15) is 0 Å². The third-order valence-electron chi connectivity index (χ3n) is 6.89. The Morgan fingerprint density at radius 2 is 1.81 bits per heavy atom. The lowest BCUT2D eigenvalue weighted by atomic mass is 9.73. The second-order valence-electron chi connectivity index (χ2n) is 9.15. The van der Waals surface area contributed by atoms with Gasteiger partial charge in [-0.25, -0.2) is 8.78 Å². The van der Waals surface area contributed by atoms with Gasteiger partial charge in [-0.1, -0.05) is 43.3 Å². The normalized spacial score (nSPS) is 16.8. The van der Waals surface area contributed by atoms with E-state index in [0.29, 0.717) is 24.1 Å². The van der Waals surface area contributed by atoms with Crippen molar-refractivity contribution < 1.29 is 8.78 Å². The fraction of sp³-hybridized carbons (Fsp3) is 0.519. The van der Waals surface area contributed by atoms with E-state index in [1.807, 2.05) is 6.07 Å². The molecule has 0 spiro atoms. The van der Waals surface area contributed by atoms with E-state index in [0.717, 1.165) is 44.7 Å². The van der Waals surface area contributed by atoms with Gasteiger partial charge in [-0.2, -0.15) is 5.26 Å². The topological polar surface area (TPSA) is 27.0 Å². The molecule has 166 valence electrons. The Morgan fingerprint density at radius 3 is 2.35 bits per heavy atom. The maximum Gasteiger partial charge on any atom is 0.159 e. The number of rotatable bonds is 11. The highest BCUT2D eigenvalue weighted by atomic mass is 19.2. The van der Waals surface area contributed by atoms with Gasteiger partial charge in [0.15, 0.2) is 11.6 Å². The number of hydrogen-bond donors (Lipinski definition) is 0. The lowest BCUT2D eigenvalue weighted by molar-refractivity contribution is 0.135. The summed E-state index contributed by atoms with van der Waals surface area (Å²) in [6.45, 7) is 7.61. The first-order chi connectivity index (χ1) is 14.9. The summed E-state index contributed by atoms with van der Waals surface area (Å²) in [4.78, 5) is 2.53. The smallest absolute Gasteiger partial charge is 0.159 e. The highest BCUT2D eigenvalue weighted by molar-refractivity contribution is 5.36. The first kappa shape index (κ1) is 23.4. The lowest BCUT2D eigenvalue weighted by Gasteiger charge is -2.37. The first-order valence-electron chi connectivity index (χ1n) is 11.6. The fourth-order valence-electron chi connectivity index (χ4n) is 4.91. The van der Waals surface area contributed by atoms with E-state index in [1.165, 1.54) is 11.6 Å². The summed E-state index contributed by atoms with van der Waals surface area (Å²) in [5.41, 5.74) is 1.23. The van der Waals surface area contributed by atoms with E-state index in [9.17, 15) is 14.0 Å². The summed E-state index contributed by atoms with van der Waals surface area (Å²) in [7, 11) is 0. The molecular weight excluding hydrogens is 390 g/mol. The number of benzene rings is 2. The molecule has 1 fully saturated rings. The van der Waals surface area contributed by atoms with Crippen molar-refractivity contribution in [2.45, 2.75) is 76.8 Å². The Balaban J connectivity index is 1.76. The number of hydrogen-bond acceptors (Lipinski definition) is 2. The van der Waals surface area contributed by atoms with Crippen LogP contribution in [0.25, 0.3) is 0 Å². The molecule has 0 aromatic heterocycles. The van der Waals surface area contributed by atoms with Crippen LogP contribution >= 0.6 is 0 Å². The zero-order valence-electron chi connectivity index (χ0n) is 19.0. The fourth-order valence-corrected chi connectivity index (χ4v) is 4.91. The lowest BCUT2D eigenvalue weighted by Crippen LogP contribution is -2.42. The molecule has 0 radical (unpaired) electrons. The van der Waals surface area contributed by atoms with Gasteiger partial charge in [0, 0.05) is 18.6 Å². The minimum atomic E-state index is -0.864. The van der Waals surface area contributed by atoms with Gasteiger partial charge in [0.05, 0.1) is 11.5 Å². The van der Waals surface area contributed by atoms with Crippen LogP contribution in [0.15, 0.2) is 48.5 Å². The molecule has 2 aromatic rings. The molecule has 0 bridgehead atoms. The number of nitrogens with zero attached hydrogens (tertiary/aromatic N) is 2. The average Bonchev–Trinajstić information content (AvgIpc) is 3.61. The molecular formula is C27H34F2N2. The molecule has 1 aliphatic rings. The molecule has 4 heteroatoms. The Hall–Kier alpha value is -2.25. The van der Waals surface area contributed by atoms with Crippen LogP contribution in [0.4, 0.5) is 8.78 Å². The van der Waals surface area contributed by atoms with Crippen molar-refractivity contribution in [3.63, 3.8) is 0 Å². The third-order valence-corrected chi connectivity index (χ3v) is 6.89. The van der Waals surface area contributed by atoms with Crippen molar-refractivity contribution >= 4 is 0 Å². The average molecular weight is 425 g/mol. The molecule has 2 nitrogen and oxygen atoms in total. The molecule has 1 aliphatic carbocycles. The van der Waals surface area contributed by atoms with Crippen LogP contribution in [-0.2, 0) is 11.8 Å². The van der Waals surface area contributed by atoms with Gasteiger partial charge < -0.3 is 0 Å². The Bertz CT molecular complexity index is 886. The van der Waals surface area contributed by atoms with E-state index >= 15 is 0 Å². The third kappa shape index (κ3) is 5.52. The summed E-state index contributed by atoms with van der Waals surface area (Å²) in [6, 6.07) is 17.8. The van der Waals surface area contributed by atoms with Crippen molar-refractivity contribution in [2.24, 2.45) is 5.92 Å². The monoisotopic (exact) mass is 424 g/mol. The van der Waals surface area contributed by atoms with Crippen molar-refractivity contribution in [3.8, 4) is 6.07 Å². The summed E-state index contributed by atoms with van der Waals surface area (Å²) in [5, 5.41) is 10.2. The van der Waals surface area contributed by atoms with Gasteiger partial charge >= 0.3 is 0 Å². The minimum Gasteiger partial charge on any atom is -0.298 e. The van der Waals surface area contributed by atoms with E-state index < -0.39 is 17.0 Å². The molecule has 0 amide bonds. The van der Waals surface area contributed by atoms with Crippen molar-refractivity contribution in [2.75, 3.05) is 6.54 Å². The van der Waals surface area contributed by atoms with Crippen molar-refractivity contribution in [1.29, 1.82) is 5.26 Å². The Kier molecular flexibility index (Phi) is 7.84. The predicted molar refractivity (Wildman–Crippen MR) is 122 cm³/mol. The summed E-state index contributed by atoms with van der Waals surface area (Å²) in [6.07, 6.45) is 5.48. The van der Waals surface area contributed by atoms with Crippen LogP contribution < -0.4 is 0 Å². The molecule has 2 aromatic carbocycles. The molecule has 2 unspecified atom stereocenters. The maximum atomic E-state index is 14.0. The zero-order chi connectivity index (χ0) is 22.4. The summed E-state index contributed by atoms with van der Waals surface area (Å²) >= 11 is 0. The summed E-state index contributed by atoms with van der Waals surface area (Å²) in [5.74, 6) is -1.49. The van der Waals surface area contributed by atoms with Crippen LogP contribution in [0, 0.1) is 28.9 Å². The minimum absolute atomic E-state index is 0.233. The van der Waals surface area contributed by atoms with Gasteiger partial charge in [0.25, 0.3) is 0 Å². The molecule has 2 atom stereocenters. The van der Waals surface area contributed by atoms with Gasteiger partial charge in [-0.3, -0.25) is 4.90 Å². The van der Waals surface area contributed by atoms with Crippen LogP contribution in [0.3, 0.4) is 0 Å². The van der Waals surface area contributed by atoms with Crippen LogP contribution in [0.2, 0.25) is 0 Å². The standard InChI is InChI=1S/C27H34F2N2/c1-4-24(31(20(2)3)17-15-21-8-6-5-7-9-21)14-16-27(19-30,22-10-11-22)23-12-13-25(28)26(29)18-23/h5-9,12-13,18,20,22,24H,4,10-11,14-17H2,1-3H3. The maximum absolute atomic E-state index is 14.0. The molecule has 0 aliphatic heterocycles. The van der Waals surface area contributed by atoms with Gasteiger partial charge in [0.2, 0.25) is 0 Å². The van der Waals surface area contributed by atoms with E-state index in [2.05, 4.69) is 56.0 Å². The van der Waals surface area contributed by atoms with Crippen LogP contribution in [0.5, 0.6) is 0 Å². The predicted octanol–water partition coefficient (Wildman–Crippen LogP) is 6.65. The molecule has 3 rings (SSSR count). The molecule has 31 heavy (non-hydrogen) atoms. The Labute approximate surface area is 185 Å².